The first kappa shape index (κ1) is 15.5. The Morgan fingerprint density at radius 1 is 1.37 bits per heavy atom. The molecular formula is C15H22O4. The molecule has 4 heteroatoms. The number of ether oxygens (including phenoxy) is 2. The van der Waals surface area contributed by atoms with Crippen LogP contribution in [0.15, 0.2) is 18.2 Å². The van der Waals surface area contributed by atoms with Crippen molar-refractivity contribution in [3.8, 4) is 5.75 Å². The molecule has 1 N–H and O–H groups in total. The van der Waals surface area contributed by atoms with Crippen molar-refractivity contribution in [1.82, 2.24) is 0 Å². The van der Waals surface area contributed by atoms with E-state index in [9.17, 15) is 4.79 Å². The van der Waals surface area contributed by atoms with Crippen molar-refractivity contribution in [2.75, 3.05) is 13.2 Å². The van der Waals surface area contributed by atoms with Crippen molar-refractivity contribution in [3.63, 3.8) is 0 Å². The molecule has 0 aliphatic carbocycles. The molecule has 0 bridgehead atoms. The van der Waals surface area contributed by atoms with Crippen LogP contribution in [0.1, 0.15) is 37.8 Å². The number of aryl methyl sites for hydroxylation is 1. The van der Waals surface area contributed by atoms with Crippen LogP contribution in [-0.4, -0.2) is 30.4 Å². The number of carboxylic acids is 1. The third-order valence-corrected chi connectivity index (χ3v) is 2.91. The van der Waals surface area contributed by atoms with Crippen LogP contribution in [0.3, 0.4) is 0 Å². The van der Waals surface area contributed by atoms with Crippen molar-refractivity contribution < 1.29 is 19.4 Å². The lowest BCUT2D eigenvalue weighted by Gasteiger charge is -2.15. The quantitative estimate of drug-likeness (QED) is 0.824. The van der Waals surface area contributed by atoms with E-state index in [1.165, 1.54) is 5.56 Å². The summed E-state index contributed by atoms with van der Waals surface area (Å²) in [7, 11) is 0. The molecule has 1 aromatic rings. The molecule has 0 heterocycles. The maximum Gasteiger partial charge on any atom is 0.336 e. The van der Waals surface area contributed by atoms with Gasteiger partial charge in [-0.1, -0.05) is 19.9 Å². The molecule has 0 saturated heterocycles. The highest BCUT2D eigenvalue weighted by Crippen LogP contribution is 2.23. The van der Waals surface area contributed by atoms with Crippen molar-refractivity contribution in [1.29, 1.82) is 0 Å². The molecule has 0 aromatic heterocycles. The van der Waals surface area contributed by atoms with Gasteiger partial charge in [0.05, 0.1) is 0 Å². The fraction of sp³-hybridized carbons (Fsp3) is 0.533. The molecule has 1 unspecified atom stereocenters. The average molecular weight is 266 g/mol. The van der Waals surface area contributed by atoms with Gasteiger partial charge in [0.15, 0.2) is 6.10 Å². The summed E-state index contributed by atoms with van der Waals surface area (Å²) in [6.07, 6.45) is -0.921. The SMILES string of the molecule is CCOC(COc1ccc(C(C)C)c(C)c1)C(=O)O. The smallest absolute Gasteiger partial charge is 0.336 e. The minimum atomic E-state index is -1.00. The van der Waals surface area contributed by atoms with Crippen LogP contribution in [0.5, 0.6) is 5.75 Å². The van der Waals surface area contributed by atoms with Gasteiger partial charge in [-0.15, -0.1) is 0 Å². The van der Waals surface area contributed by atoms with E-state index in [0.717, 1.165) is 5.56 Å². The summed E-state index contributed by atoms with van der Waals surface area (Å²) in [6, 6.07) is 5.82. The van der Waals surface area contributed by atoms with Crippen molar-refractivity contribution >= 4 is 5.97 Å². The van der Waals surface area contributed by atoms with Crippen LogP contribution in [0.2, 0.25) is 0 Å². The molecule has 106 valence electrons. The van der Waals surface area contributed by atoms with E-state index in [0.29, 0.717) is 18.3 Å². The Balaban J connectivity index is 2.67. The number of carboxylic acid groups (broad SMARTS) is 1. The summed E-state index contributed by atoms with van der Waals surface area (Å²) >= 11 is 0. The number of rotatable bonds is 7. The molecule has 19 heavy (non-hydrogen) atoms. The largest absolute Gasteiger partial charge is 0.490 e. The van der Waals surface area contributed by atoms with Crippen LogP contribution in [0.25, 0.3) is 0 Å². The number of hydrogen-bond acceptors (Lipinski definition) is 3. The first-order chi connectivity index (χ1) is 8.95. The van der Waals surface area contributed by atoms with Crippen molar-refractivity contribution in [3.05, 3.63) is 29.3 Å². The Morgan fingerprint density at radius 3 is 2.53 bits per heavy atom. The molecule has 0 aliphatic heterocycles. The molecular weight excluding hydrogens is 244 g/mol. The van der Waals surface area contributed by atoms with Gasteiger partial charge in [0.1, 0.15) is 12.4 Å². The molecule has 1 atom stereocenters. The Morgan fingerprint density at radius 2 is 2.05 bits per heavy atom. The number of benzene rings is 1. The second-order valence-electron chi connectivity index (χ2n) is 4.77. The second kappa shape index (κ2) is 7.14. The average Bonchev–Trinajstić information content (AvgIpc) is 2.33. The van der Waals surface area contributed by atoms with E-state index in [-0.39, 0.29) is 6.61 Å². The minimum Gasteiger partial charge on any atom is -0.490 e. The Labute approximate surface area is 114 Å². The standard InChI is InChI=1S/C15H22O4/c1-5-18-14(15(16)17)9-19-12-6-7-13(10(2)3)11(4)8-12/h6-8,10,14H,5,9H2,1-4H3,(H,16,17). The molecule has 1 aromatic carbocycles. The number of hydrogen-bond donors (Lipinski definition) is 1. The summed E-state index contributed by atoms with van der Waals surface area (Å²) in [5.74, 6) is 0.134. The van der Waals surface area contributed by atoms with Crippen LogP contribution < -0.4 is 4.74 Å². The first-order valence-corrected chi connectivity index (χ1v) is 6.53. The Bertz CT molecular complexity index is 426. The predicted octanol–water partition coefficient (Wildman–Crippen LogP) is 2.99. The first-order valence-electron chi connectivity index (χ1n) is 6.53. The molecule has 0 saturated carbocycles. The summed E-state index contributed by atoms with van der Waals surface area (Å²) in [5.41, 5.74) is 2.42. The monoisotopic (exact) mass is 266 g/mol. The van der Waals surface area contributed by atoms with Crippen LogP contribution in [-0.2, 0) is 9.53 Å². The summed E-state index contributed by atoms with van der Waals surface area (Å²) in [6.45, 7) is 8.43. The predicted molar refractivity (Wildman–Crippen MR) is 73.8 cm³/mol. The van der Waals surface area contributed by atoms with Gasteiger partial charge in [-0.3, -0.25) is 0 Å². The summed E-state index contributed by atoms with van der Waals surface area (Å²) in [4.78, 5) is 10.9. The van der Waals surface area contributed by atoms with Crippen LogP contribution in [0.4, 0.5) is 0 Å². The highest BCUT2D eigenvalue weighted by Gasteiger charge is 2.18. The van der Waals surface area contributed by atoms with Crippen molar-refractivity contribution in [2.24, 2.45) is 0 Å². The molecule has 0 fully saturated rings. The topological polar surface area (TPSA) is 55.8 Å². The second-order valence-corrected chi connectivity index (χ2v) is 4.77. The normalized spacial score (nSPS) is 12.5. The molecule has 1 rings (SSSR count). The minimum absolute atomic E-state index is 0.0175. The Hall–Kier alpha value is -1.55. The molecule has 0 spiro atoms. The number of aliphatic carboxylic acids is 1. The highest BCUT2D eigenvalue weighted by molar-refractivity contribution is 5.72. The zero-order chi connectivity index (χ0) is 14.4. The summed E-state index contributed by atoms with van der Waals surface area (Å²) < 4.78 is 10.6. The van der Waals surface area contributed by atoms with Gasteiger partial charge in [0.2, 0.25) is 0 Å². The molecule has 4 nitrogen and oxygen atoms in total. The Kier molecular flexibility index (Phi) is 5.83. The fourth-order valence-electron chi connectivity index (χ4n) is 1.95. The van der Waals surface area contributed by atoms with Gasteiger partial charge in [-0.2, -0.15) is 0 Å². The molecule has 0 aliphatic rings. The lowest BCUT2D eigenvalue weighted by molar-refractivity contribution is -0.152. The summed E-state index contributed by atoms with van der Waals surface area (Å²) in [5, 5.41) is 8.95. The van der Waals surface area contributed by atoms with Gasteiger partial charge in [-0.05, 0) is 43.0 Å². The zero-order valence-electron chi connectivity index (χ0n) is 12.0. The van der Waals surface area contributed by atoms with E-state index in [4.69, 9.17) is 14.6 Å². The van der Waals surface area contributed by atoms with E-state index in [2.05, 4.69) is 13.8 Å². The van der Waals surface area contributed by atoms with Crippen LogP contribution in [0, 0.1) is 6.92 Å². The maximum atomic E-state index is 10.9. The van der Waals surface area contributed by atoms with E-state index in [1.807, 2.05) is 25.1 Å². The van der Waals surface area contributed by atoms with Gasteiger partial charge in [-0.25, -0.2) is 4.79 Å². The van der Waals surface area contributed by atoms with E-state index < -0.39 is 12.1 Å². The molecule has 0 amide bonds. The lowest BCUT2D eigenvalue weighted by atomic mass is 9.98. The molecule has 0 radical (unpaired) electrons. The van der Waals surface area contributed by atoms with Crippen molar-refractivity contribution in [2.45, 2.75) is 39.7 Å². The fourth-order valence-corrected chi connectivity index (χ4v) is 1.95. The van der Waals surface area contributed by atoms with E-state index >= 15 is 0 Å². The van der Waals surface area contributed by atoms with Gasteiger partial charge < -0.3 is 14.6 Å². The lowest BCUT2D eigenvalue weighted by Crippen LogP contribution is -2.30. The number of carbonyl (C=O) groups is 1. The van der Waals surface area contributed by atoms with Gasteiger partial charge in [0, 0.05) is 6.61 Å². The van der Waals surface area contributed by atoms with E-state index in [1.54, 1.807) is 6.92 Å². The third kappa shape index (κ3) is 4.56. The maximum absolute atomic E-state index is 10.9. The van der Waals surface area contributed by atoms with Crippen LogP contribution >= 0.6 is 0 Å². The third-order valence-electron chi connectivity index (χ3n) is 2.91. The highest BCUT2D eigenvalue weighted by atomic mass is 16.5. The van der Waals surface area contributed by atoms with Gasteiger partial charge >= 0.3 is 5.97 Å². The zero-order valence-corrected chi connectivity index (χ0v) is 12.0. The van der Waals surface area contributed by atoms with Gasteiger partial charge in [0.25, 0.3) is 0 Å².